The van der Waals surface area contributed by atoms with Crippen LogP contribution in [-0.2, 0) is 21.7 Å². The second-order valence-electron chi connectivity index (χ2n) is 5.22. The Bertz CT molecular complexity index is 606. The molecule has 0 aliphatic rings. The average Bonchev–Trinajstić information content (AvgIpc) is 2.54. The zero-order valence-electron chi connectivity index (χ0n) is 12.9. The number of ether oxygens (including phenoxy) is 2. The van der Waals surface area contributed by atoms with Crippen LogP contribution in [0.25, 0.3) is 0 Å². The van der Waals surface area contributed by atoms with Gasteiger partial charge < -0.3 is 15.2 Å². The van der Waals surface area contributed by atoms with Gasteiger partial charge in [-0.15, -0.1) is 0 Å². The molecule has 0 spiro atoms. The van der Waals surface area contributed by atoms with Crippen LogP contribution in [0.3, 0.4) is 0 Å². The summed E-state index contributed by atoms with van der Waals surface area (Å²) in [5, 5.41) is 0. The largest absolute Gasteiger partial charge is 0.489 e. The third-order valence-corrected chi connectivity index (χ3v) is 3.40. The van der Waals surface area contributed by atoms with Crippen LogP contribution in [0.5, 0.6) is 5.75 Å². The minimum absolute atomic E-state index is 0.309. The Kier molecular flexibility index (Phi) is 5.17. The van der Waals surface area contributed by atoms with Crippen molar-refractivity contribution in [3.8, 4) is 5.75 Å². The van der Waals surface area contributed by atoms with Crippen molar-refractivity contribution in [2.45, 2.75) is 26.0 Å². The Morgan fingerprint density at radius 1 is 1.09 bits per heavy atom. The number of esters is 1. The van der Waals surface area contributed by atoms with E-state index in [1.54, 1.807) is 26.0 Å². The van der Waals surface area contributed by atoms with Crippen molar-refractivity contribution in [3.63, 3.8) is 0 Å². The summed E-state index contributed by atoms with van der Waals surface area (Å²) in [5.41, 5.74) is 6.70. The van der Waals surface area contributed by atoms with Gasteiger partial charge in [0.2, 0.25) is 0 Å². The molecule has 1 atom stereocenters. The summed E-state index contributed by atoms with van der Waals surface area (Å²) in [6.07, 6.45) is 0. The van der Waals surface area contributed by atoms with Crippen molar-refractivity contribution in [1.82, 2.24) is 0 Å². The predicted molar refractivity (Wildman–Crippen MR) is 85.4 cm³/mol. The molecule has 0 radical (unpaired) electrons. The van der Waals surface area contributed by atoms with Crippen LogP contribution in [0.2, 0.25) is 0 Å². The van der Waals surface area contributed by atoms with Crippen LogP contribution < -0.4 is 10.5 Å². The van der Waals surface area contributed by atoms with Crippen LogP contribution in [0.4, 0.5) is 0 Å². The van der Waals surface area contributed by atoms with E-state index in [2.05, 4.69) is 0 Å². The Morgan fingerprint density at radius 2 is 1.73 bits per heavy atom. The second-order valence-corrected chi connectivity index (χ2v) is 5.22. The van der Waals surface area contributed by atoms with Gasteiger partial charge in [-0.05, 0) is 37.1 Å². The van der Waals surface area contributed by atoms with E-state index < -0.39 is 11.5 Å². The fraction of sp³-hybridized carbons (Fsp3) is 0.278. The maximum absolute atomic E-state index is 11.9. The molecule has 0 aliphatic carbocycles. The third kappa shape index (κ3) is 3.86. The first-order valence-electron chi connectivity index (χ1n) is 7.27. The van der Waals surface area contributed by atoms with E-state index in [1.807, 2.05) is 42.5 Å². The zero-order valence-corrected chi connectivity index (χ0v) is 12.9. The quantitative estimate of drug-likeness (QED) is 0.833. The standard InChI is InChI=1S/C18H21NO3/c1-3-21-17(20)18(2,19)15-9-11-16(12-10-15)22-13-14-7-5-4-6-8-14/h4-12H,3,13,19H2,1-2H3. The van der Waals surface area contributed by atoms with Gasteiger partial charge in [-0.2, -0.15) is 0 Å². The van der Waals surface area contributed by atoms with E-state index in [0.29, 0.717) is 18.8 Å². The molecule has 2 aromatic rings. The molecule has 0 aliphatic heterocycles. The Morgan fingerprint density at radius 3 is 2.32 bits per heavy atom. The lowest BCUT2D eigenvalue weighted by Gasteiger charge is -2.22. The molecular weight excluding hydrogens is 278 g/mol. The van der Waals surface area contributed by atoms with Crippen molar-refractivity contribution < 1.29 is 14.3 Å². The highest BCUT2D eigenvalue weighted by Gasteiger charge is 2.31. The summed E-state index contributed by atoms with van der Waals surface area (Å²) < 4.78 is 10.7. The van der Waals surface area contributed by atoms with Gasteiger partial charge in [-0.3, -0.25) is 0 Å². The fourth-order valence-corrected chi connectivity index (χ4v) is 2.04. The number of benzene rings is 2. The predicted octanol–water partition coefficient (Wildman–Crippen LogP) is 3.00. The van der Waals surface area contributed by atoms with Gasteiger partial charge in [0.05, 0.1) is 6.61 Å². The summed E-state index contributed by atoms with van der Waals surface area (Å²) in [6, 6.07) is 17.1. The molecule has 0 bridgehead atoms. The molecule has 22 heavy (non-hydrogen) atoms. The minimum Gasteiger partial charge on any atom is -0.489 e. The number of hydrogen-bond acceptors (Lipinski definition) is 4. The second kappa shape index (κ2) is 7.09. The molecule has 0 aromatic heterocycles. The van der Waals surface area contributed by atoms with E-state index in [1.165, 1.54) is 0 Å². The van der Waals surface area contributed by atoms with Crippen LogP contribution in [0.15, 0.2) is 54.6 Å². The molecule has 4 heteroatoms. The van der Waals surface area contributed by atoms with Gasteiger partial charge in [0.15, 0.2) is 0 Å². The van der Waals surface area contributed by atoms with Crippen LogP contribution >= 0.6 is 0 Å². The zero-order chi connectivity index (χ0) is 16.0. The maximum Gasteiger partial charge on any atom is 0.330 e. The van der Waals surface area contributed by atoms with E-state index >= 15 is 0 Å². The first-order valence-corrected chi connectivity index (χ1v) is 7.27. The van der Waals surface area contributed by atoms with Gasteiger partial charge >= 0.3 is 5.97 Å². The molecule has 2 rings (SSSR count). The highest BCUT2D eigenvalue weighted by Crippen LogP contribution is 2.23. The average molecular weight is 299 g/mol. The summed E-state index contributed by atoms with van der Waals surface area (Å²) in [6.45, 7) is 4.21. The van der Waals surface area contributed by atoms with Gasteiger partial charge in [0, 0.05) is 0 Å². The fourth-order valence-electron chi connectivity index (χ4n) is 2.04. The SMILES string of the molecule is CCOC(=O)C(C)(N)c1ccc(OCc2ccccc2)cc1. The lowest BCUT2D eigenvalue weighted by molar-refractivity contribution is -0.149. The Hall–Kier alpha value is -2.33. The topological polar surface area (TPSA) is 61.5 Å². The lowest BCUT2D eigenvalue weighted by Crippen LogP contribution is -2.43. The van der Waals surface area contributed by atoms with Gasteiger partial charge in [-0.1, -0.05) is 42.5 Å². The number of carbonyl (C=O) groups excluding carboxylic acids is 1. The number of rotatable bonds is 6. The molecule has 116 valence electrons. The molecule has 2 N–H and O–H groups in total. The van der Waals surface area contributed by atoms with Crippen molar-refractivity contribution in [2.75, 3.05) is 6.61 Å². The summed E-state index contributed by atoms with van der Waals surface area (Å²) in [4.78, 5) is 11.9. The monoisotopic (exact) mass is 299 g/mol. The number of nitrogens with two attached hydrogens (primary N) is 1. The van der Waals surface area contributed by atoms with Crippen molar-refractivity contribution in [1.29, 1.82) is 0 Å². The molecular formula is C18H21NO3. The molecule has 0 fully saturated rings. The summed E-state index contributed by atoms with van der Waals surface area (Å²) >= 11 is 0. The van der Waals surface area contributed by atoms with E-state index in [-0.39, 0.29) is 0 Å². The Labute approximate surface area is 130 Å². The highest BCUT2D eigenvalue weighted by molar-refractivity contribution is 5.81. The summed E-state index contributed by atoms with van der Waals surface area (Å²) in [5.74, 6) is 0.292. The number of hydrogen-bond donors (Lipinski definition) is 1. The van der Waals surface area contributed by atoms with E-state index in [4.69, 9.17) is 15.2 Å². The molecule has 2 aromatic carbocycles. The Balaban J connectivity index is 2.02. The lowest BCUT2D eigenvalue weighted by atomic mass is 9.93. The smallest absolute Gasteiger partial charge is 0.330 e. The molecule has 0 saturated carbocycles. The molecule has 0 saturated heterocycles. The van der Waals surface area contributed by atoms with Gasteiger partial charge in [0.25, 0.3) is 0 Å². The van der Waals surface area contributed by atoms with Crippen LogP contribution in [-0.4, -0.2) is 12.6 Å². The van der Waals surface area contributed by atoms with Crippen molar-refractivity contribution in [3.05, 3.63) is 65.7 Å². The van der Waals surface area contributed by atoms with Gasteiger partial charge in [-0.25, -0.2) is 4.79 Å². The first kappa shape index (κ1) is 16.0. The molecule has 1 unspecified atom stereocenters. The first-order chi connectivity index (χ1) is 10.5. The van der Waals surface area contributed by atoms with E-state index in [0.717, 1.165) is 11.3 Å². The molecule has 0 amide bonds. The number of carbonyl (C=O) groups is 1. The van der Waals surface area contributed by atoms with E-state index in [9.17, 15) is 4.79 Å². The van der Waals surface area contributed by atoms with Crippen LogP contribution in [0.1, 0.15) is 25.0 Å². The summed E-state index contributed by atoms with van der Waals surface area (Å²) in [7, 11) is 0. The van der Waals surface area contributed by atoms with Crippen LogP contribution in [0, 0.1) is 0 Å². The van der Waals surface area contributed by atoms with Crippen molar-refractivity contribution in [2.24, 2.45) is 5.73 Å². The molecule has 0 heterocycles. The normalized spacial score (nSPS) is 13.2. The maximum atomic E-state index is 11.9. The van der Waals surface area contributed by atoms with Crippen molar-refractivity contribution >= 4 is 5.97 Å². The third-order valence-electron chi connectivity index (χ3n) is 3.40. The highest BCUT2D eigenvalue weighted by atomic mass is 16.5. The van der Waals surface area contributed by atoms with Gasteiger partial charge in [0.1, 0.15) is 17.9 Å². The minimum atomic E-state index is -1.16. The molecule has 4 nitrogen and oxygen atoms in total.